The van der Waals surface area contributed by atoms with E-state index in [1.807, 2.05) is 18.9 Å². The molecule has 0 aromatic rings. The minimum Gasteiger partial charge on any atom is -0.469 e. The van der Waals surface area contributed by atoms with Crippen molar-refractivity contribution < 1.29 is 14.3 Å². The van der Waals surface area contributed by atoms with Gasteiger partial charge in [0, 0.05) is 13.0 Å². The molecule has 0 aromatic heterocycles. The number of likely N-dealkylation sites (N-methyl/N-ethyl adjacent to an activating group) is 1. The summed E-state index contributed by atoms with van der Waals surface area (Å²) in [6.45, 7) is 6.52. The standard InChI is InChI=1S/C12H22N2O3/c1-5-8-13-12(16)10(2)14(3)9-6-7-11(15)17-4/h5,10H,1,6-9H2,2-4H3,(H,13,16). The molecule has 0 spiro atoms. The van der Waals surface area contributed by atoms with Gasteiger partial charge >= 0.3 is 5.97 Å². The van der Waals surface area contributed by atoms with E-state index in [4.69, 9.17) is 0 Å². The average molecular weight is 242 g/mol. The third-order valence-electron chi connectivity index (χ3n) is 2.58. The summed E-state index contributed by atoms with van der Waals surface area (Å²) < 4.78 is 4.55. The molecule has 1 amide bonds. The number of carbonyl (C=O) groups excluding carboxylic acids is 2. The third kappa shape index (κ3) is 6.73. The van der Waals surface area contributed by atoms with E-state index in [-0.39, 0.29) is 17.9 Å². The van der Waals surface area contributed by atoms with Gasteiger partial charge in [-0.15, -0.1) is 6.58 Å². The largest absolute Gasteiger partial charge is 0.469 e. The molecule has 0 bridgehead atoms. The van der Waals surface area contributed by atoms with E-state index in [1.54, 1.807) is 6.08 Å². The lowest BCUT2D eigenvalue weighted by molar-refractivity contribution is -0.140. The molecule has 0 radical (unpaired) electrons. The summed E-state index contributed by atoms with van der Waals surface area (Å²) in [7, 11) is 3.23. The SMILES string of the molecule is C=CCNC(=O)C(C)N(C)CCCC(=O)OC. The van der Waals surface area contributed by atoms with Gasteiger partial charge in [-0.3, -0.25) is 14.5 Å². The smallest absolute Gasteiger partial charge is 0.305 e. The maximum atomic E-state index is 11.6. The summed E-state index contributed by atoms with van der Waals surface area (Å²) in [5.41, 5.74) is 0. The number of methoxy groups -OCH3 is 1. The summed E-state index contributed by atoms with van der Waals surface area (Å²) in [6.07, 6.45) is 2.70. The van der Waals surface area contributed by atoms with E-state index < -0.39 is 0 Å². The number of hydrogen-bond donors (Lipinski definition) is 1. The Kier molecular flexibility index (Phi) is 8.05. The second kappa shape index (κ2) is 8.75. The minimum atomic E-state index is -0.220. The normalized spacial score (nSPS) is 12.0. The van der Waals surface area contributed by atoms with Gasteiger partial charge in [0.05, 0.1) is 13.2 Å². The average Bonchev–Trinajstić information content (AvgIpc) is 2.34. The van der Waals surface area contributed by atoms with Crippen LogP contribution in [0, 0.1) is 0 Å². The number of nitrogens with zero attached hydrogens (tertiary/aromatic N) is 1. The van der Waals surface area contributed by atoms with Crippen LogP contribution in [0.3, 0.4) is 0 Å². The first-order valence-corrected chi connectivity index (χ1v) is 5.68. The maximum absolute atomic E-state index is 11.6. The van der Waals surface area contributed by atoms with Crippen LogP contribution in [-0.4, -0.2) is 50.1 Å². The van der Waals surface area contributed by atoms with Gasteiger partial charge in [0.1, 0.15) is 0 Å². The van der Waals surface area contributed by atoms with Crippen LogP contribution >= 0.6 is 0 Å². The minimum absolute atomic E-state index is 0.0366. The highest BCUT2D eigenvalue weighted by molar-refractivity contribution is 5.81. The zero-order valence-electron chi connectivity index (χ0n) is 10.9. The lowest BCUT2D eigenvalue weighted by Crippen LogP contribution is -2.43. The van der Waals surface area contributed by atoms with Gasteiger partial charge in [0.25, 0.3) is 0 Å². The number of rotatable bonds is 8. The highest BCUT2D eigenvalue weighted by Gasteiger charge is 2.16. The molecule has 0 saturated carbocycles. The summed E-state index contributed by atoms with van der Waals surface area (Å²) >= 11 is 0. The van der Waals surface area contributed by atoms with Gasteiger partial charge in [-0.1, -0.05) is 6.08 Å². The van der Waals surface area contributed by atoms with E-state index in [0.29, 0.717) is 25.9 Å². The van der Waals surface area contributed by atoms with Gasteiger partial charge < -0.3 is 10.1 Å². The maximum Gasteiger partial charge on any atom is 0.305 e. The molecule has 5 heteroatoms. The second-order valence-corrected chi connectivity index (χ2v) is 3.87. The first-order valence-electron chi connectivity index (χ1n) is 5.68. The first kappa shape index (κ1) is 15.6. The Labute approximate surface area is 103 Å². The summed E-state index contributed by atoms with van der Waals surface area (Å²) in [5, 5.41) is 2.73. The highest BCUT2D eigenvalue weighted by atomic mass is 16.5. The van der Waals surface area contributed by atoms with Crippen LogP contribution in [0.4, 0.5) is 0 Å². The molecular formula is C12H22N2O3. The third-order valence-corrected chi connectivity index (χ3v) is 2.58. The Hall–Kier alpha value is -1.36. The van der Waals surface area contributed by atoms with Gasteiger partial charge in [-0.05, 0) is 26.9 Å². The van der Waals surface area contributed by atoms with Crippen molar-refractivity contribution in [3.63, 3.8) is 0 Å². The van der Waals surface area contributed by atoms with E-state index in [9.17, 15) is 9.59 Å². The monoisotopic (exact) mass is 242 g/mol. The number of esters is 1. The molecule has 0 aromatic carbocycles. The van der Waals surface area contributed by atoms with Crippen molar-refractivity contribution in [3.8, 4) is 0 Å². The predicted molar refractivity (Wildman–Crippen MR) is 66.5 cm³/mol. The Morgan fingerprint density at radius 3 is 2.71 bits per heavy atom. The summed E-state index contributed by atoms with van der Waals surface area (Å²) in [5.74, 6) is -0.257. The molecule has 98 valence electrons. The molecule has 17 heavy (non-hydrogen) atoms. The van der Waals surface area contributed by atoms with E-state index in [2.05, 4.69) is 16.6 Å². The lowest BCUT2D eigenvalue weighted by Gasteiger charge is -2.23. The van der Waals surface area contributed by atoms with Gasteiger partial charge in [0.15, 0.2) is 0 Å². The fourth-order valence-corrected chi connectivity index (χ4v) is 1.29. The van der Waals surface area contributed by atoms with Gasteiger partial charge in [-0.2, -0.15) is 0 Å². The molecule has 0 aliphatic carbocycles. The topological polar surface area (TPSA) is 58.6 Å². The molecule has 0 aliphatic rings. The Morgan fingerprint density at radius 1 is 1.53 bits per heavy atom. The fourth-order valence-electron chi connectivity index (χ4n) is 1.29. The summed E-state index contributed by atoms with van der Waals surface area (Å²) in [6, 6.07) is -0.215. The molecule has 0 aliphatic heterocycles. The van der Waals surface area contributed by atoms with Crippen molar-refractivity contribution in [1.29, 1.82) is 0 Å². The molecule has 1 N–H and O–H groups in total. The van der Waals surface area contributed by atoms with Gasteiger partial charge in [0.2, 0.25) is 5.91 Å². The number of ether oxygens (including phenoxy) is 1. The number of amides is 1. The zero-order valence-corrected chi connectivity index (χ0v) is 10.9. The second-order valence-electron chi connectivity index (χ2n) is 3.87. The molecule has 0 heterocycles. The van der Waals surface area contributed by atoms with Crippen LogP contribution in [0.2, 0.25) is 0 Å². The zero-order chi connectivity index (χ0) is 13.3. The summed E-state index contributed by atoms with van der Waals surface area (Å²) in [4.78, 5) is 24.4. The van der Waals surface area contributed by atoms with E-state index >= 15 is 0 Å². The van der Waals surface area contributed by atoms with Crippen molar-refractivity contribution >= 4 is 11.9 Å². The van der Waals surface area contributed by atoms with Crippen molar-refractivity contribution in [3.05, 3.63) is 12.7 Å². The number of nitrogens with one attached hydrogen (secondary N) is 1. The van der Waals surface area contributed by atoms with E-state index in [0.717, 1.165) is 0 Å². The van der Waals surface area contributed by atoms with Crippen LogP contribution in [-0.2, 0) is 14.3 Å². The van der Waals surface area contributed by atoms with Crippen LogP contribution in [0.15, 0.2) is 12.7 Å². The van der Waals surface area contributed by atoms with Crippen LogP contribution in [0.5, 0.6) is 0 Å². The molecular weight excluding hydrogens is 220 g/mol. The Bertz CT molecular complexity index is 266. The Morgan fingerprint density at radius 2 is 2.18 bits per heavy atom. The van der Waals surface area contributed by atoms with Crippen molar-refractivity contribution in [2.75, 3.05) is 27.2 Å². The molecule has 1 unspecified atom stereocenters. The quantitative estimate of drug-likeness (QED) is 0.499. The first-order chi connectivity index (χ1) is 8.02. The number of carbonyl (C=O) groups is 2. The Balaban J connectivity index is 3.87. The van der Waals surface area contributed by atoms with Crippen LogP contribution in [0.25, 0.3) is 0 Å². The van der Waals surface area contributed by atoms with Crippen molar-refractivity contribution in [2.45, 2.75) is 25.8 Å². The molecule has 0 saturated heterocycles. The van der Waals surface area contributed by atoms with Crippen LogP contribution < -0.4 is 5.32 Å². The lowest BCUT2D eigenvalue weighted by atomic mass is 10.2. The van der Waals surface area contributed by atoms with Gasteiger partial charge in [-0.25, -0.2) is 0 Å². The predicted octanol–water partition coefficient (Wildman–Crippen LogP) is 0.562. The fraction of sp³-hybridized carbons (Fsp3) is 0.667. The van der Waals surface area contributed by atoms with Crippen molar-refractivity contribution in [1.82, 2.24) is 10.2 Å². The molecule has 0 rings (SSSR count). The van der Waals surface area contributed by atoms with Crippen molar-refractivity contribution in [2.24, 2.45) is 0 Å². The number of hydrogen-bond acceptors (Lipinski definition) is 4. The van der Waals surface area contributed by atoms with E-state index in [1.165, 1.54) is 7.11 Å². The molecule has 5 nitrogen and oxygen atoms in total. The molecule has 0 fully saturated rings. The van der Waals surface area contributed by atoms with Crippen LogP contribution in [0.1, 0.15) is 19.8 Å². The molecule has 1 atom stereocenters. The highest BCUT2D eigenvalue weighted by Crippen LogP contribution is 2.00.